The Kier molecular flexibility index (Phi) is 4.59. The van der Waals surface area contributed by atoms with E-state index >= 15 is 0 Å². The Bertz CT molecular complexity index is 858. The van der Waals surface area contributed by atoms with Gasteiger partial charge in [0.05, 0.1) is 0 Å². The third-order valence-electron chi connectivity index (χ3n) is 4.03. The van der Waals surface area contributed by atoms with Crippen LogP contribution in [0.2, 0.25) is 0 Å². The third kappa shape index (κ3) is 3.15. The molecule has 3 N–H and O–H groups in total. The molecule has 1 unspecified atom stereocenters. The molecule has 128 valence electrons. The first-order valence-electron chi connectivity index (χ1n) is 7.43. The maximum absolute atomic E-state index is 11.6. The van der Waals surface area contributed by atoms with Crippen molar-refractivity contribution < 1.29 is 24.1 Å². The molecule has 3 aromatic carbocycles. The minimum atomic E-state index is -2.55. The normalized spacial score (nSPS) is 12.7. The smallest absolute Gasteiger partial charge is 0.141 e. The zero-order chi connectivity index (χ0) is 18.0. The van der Waals surface area contributed by atoms with Crippen LogP contribution >= 0.6 is 0 Å². The summed E-state index contributed by atoms with van der Waals surface area (Å²) >= 11 is -2.55. The predicted molar refractivity (Wildman–Crippen MR) is 91.9 cm³/mol. The van der Waals surface area contributed by atoms with Gasteiger partial charge in [0.1, 0.15) is 17.1 Å². The summed E-state index contributed by atoms with van der Waals surface area (Å²) in [7, 11) is 0. The van der Waals surface area contributed by atoms with Gasteiger partial charge in [0.2, 0.25) is 0 Å². The highest BCUT2D eigenvalue weighted by Gasteiger charge is 2.36. The molecule has 5 nitrogen and oxygen atoms in total. The van der Waals surface area contributed by atoms with Gasteiger partial charge >= 0.3 is 0 Å². The van der Waals surface area contributed by atoms with E-state index < -0.39 is 16.7 Å². The Labute approximate surface area is 147 Å². The second-order valence-electron chi connectivity index (χ2n) is 5.54. The molecule has 0 aliphatic heterocycles. The Morgan fingerprint density at radius 3 is 1.64 bits per heavy atom. The number of aliphatic hydroxyl groups is 1. The fraction of sp³-hybridized carbons (Fsp3) is 0.0526. The molecule has 0 spiro atoms. The summed E-state index contributed by atoms with van der Waals surface area (Å²) in [6.45, 7) is 0. The van der Waals surface area contributed by atoms with Crippen LogP contribution in [-0.2, 0) is 16.7 Å². The van der Waals surface area contributed by atoms with E-state index in [2.05, 4.69) is 0 Å². The lowest BCUT2D eigenvalue weighted by Crippen LogP contribution is -2.30. The molecule has 0 amide bonds. The van der Waals surface area contributed by atoms with Crippen LogP contribution in [0.5, 0.6) is 11.5 Å². The Balaban J connectivity index is 2.32. The second kappa shape index (κ2) is 6.68. The van der Waals surface area contributed by atoms with Gasteiger partial charge in [-0.2, -0.15) is 0 Å². The molecule has 1 atom stereocenters. The molecule has 0 saturated carbocycles. The first-order chi connectivity index (χ1) is 11.9. The zero-order valence-electron chi connectivity index (χ0n) is 13.0. The van der Waals surface area contributed by atoms with Gasteiger partial charge in [-0.05, 0) is 52.5 Å². The highest BCUT2D eigenvalue weighted by Crippen LogP contribution is 2.40. The number of aromatic hydroxyl groups is 2. The van der Waals surface area contributed by atoms with Gasteiger partial charge in [-0.3, -0.25) is 4.21 Å². The monoisotopic (exact) mass is 355 g/mol. The summed E-state index contributed by atoms with van der Waals surface area (Å²) in [6, 6.07) is 17.9. The highest BCUT2D eigenvalue weighted by atomic mass is 32.2. The van der Waals surface area contributed by atoms with Crippen LogP contribution in [0.25, 0.3) is 0 Å². The molecule has 25 heavy (non-hydrogen) atoms. The van der Waals surface area contributed by atoms with Crippen LogP contribution in [0.3, 0.4) is 0 Å². The summed E-state index contributed by atoms with van der Waals surface area (Å²) < 4.78 is 23.3. The van der Waals surface area contributed by atoms with E-state index in [1.54, 1.807) is 12.1 Å². The van der Waals surface area contributed by atoms with Crippen LogP contribution in [0, 0.1) is 0 Å². The fourth-order valence-corrected chi connectivity index (χ4v) is 3.38. The predicted octanol–water partition coefficient (Wildman–Crippen LogP) is 2.62. The lowest BCUT2D eigenvalue weighted by molar-refractivity contribution is 0.122. The van der Waals surface area contributed by atoms with Crippen molar-refractivity contribution >= 4 is 11.1 Å². The molecular weight excluding hydrogens is 340 g/mol. The molecule has 3 rings (SSSR count). The molecule has 0 fully saturated rings. The van der Waals surface area contributed by atoms with Gasteiger partial charge in [-0.25, -0.2) is 0 Å². The summed E-state index contributed by atoms with van der Waals surface area (Å²) in [5.74, 6) is 0.0509. The number of phenols is 2. The second-order valence-corrected chi connectivity index (χ2v) is 6.44. The molecule has 0 radical (unpaired) electrons. The van der Waals surface area contributed by atoms with Crippen molar-refractivity contribution in [2.75, 3.05) is 0 Å². The van der Waals surface area contributed by atoms with Gasteiger partial charge in [-0.1, -0.05) is 42.5 Å². The molecule has 6 heteroatoms. The van der Waals surface area contributed by atoms with Crippen LogP contribution in [0.4, 0.5) is 0 Å². The first-order valence-corrected chi connectivity index (χ1v) is 8.50. The Morgan fingerprint density at radius 2 is 1.20 bits per heavy atom. The average molecular weight is 355 g/mol. The van der Waals surface area contributed by atoms with Crippen molar-refractivity contribution in [3.05, 3.63) is 89.5 Å². The van der Waals surface area contributed by atoms with Crippen molar-refractivity contribution in [1.82, 2.24) is 0 Å². The molecular formula is C19H15O5S-. The van der Waals surface area contributed by atoms with Crippen LogP contribution in [0.1, 0.15) is 16.7 Å². The topological polar surface area (TPSA) is 101 Å². The van der Waals surface area contributed by atoms with Crippen molar-refractivity contribution in [2.24, 2.45) is 0 Å². The molecule has 0 aliphatic carbocycles. The van der Waals surface area contributed by atoms with Crippen molar-refractivity contribution in [1.29, 1.82) is 0 Å². The fourth-order valence-electron chi connectivity index (χ4n) is 2.79. The van der Waals surface area contributed by atoms with E-state index in [1.165, 1.54) is 60.7 Å². The average Bonchev–Trinajstić information content (AvgIpc) is 2.62. The van der Waals surface area contributed by atoms with E-state index in [1.807, 2.05) is 0 Å². The number of hydrogen-bond donors (Lipinski definition) is 3. The molecule has 0 aliphatic rings. The van der Waals surface area contributed by atoms with Crippen molar-refractivity contribution in [3.8, 4) is 11.5 Å². The van der Waals surface area contributed by atoms with E-state index in [-0.39, 0.29) is 22.0 Å². The van der Waals surface area contributed by atoms with Gasteiger partial charge in [0, 0.05) is 10.5 Å². The lowest BCUT2D eigenvalue weighted by atomic mass is 9.80. The quantitative estimate of drug-likeness (QED) is 0.493. The molecule has 3 aromatic rings. The van der Waals surface area contributed by atoms with Crippen LogP contribution in [0.15, 0.2) is 77.7 Å². The van der Waals surface area contributed by atoms with Crippen LogP contribution in [-0.4, -0.2) is 24.1 Å². The zero-order valence-corrected chi connectivity index (χ0v) is 13.8. The number of rotatable bonds is 4. The van der Waals surface area contributed by atoms with E-state index in [9.17, 15) is 24.1 Å². The Morgan fingerprint density at radius 1 is 0.760 bits per heavy atom. The van der Waals surface area contributed by atoms with Gasteiger partial charge in [0.15, 0.2) is 0 Å². The van der Waals surface area contributed by atoms with E-state index in [0.29, 0.717) is 11.1 Å². The van der Waals surface area contributed by atoms with Gasteiger partial charge in [0.25, 0.3) is 0 Å². The summed E-state index contributed by atoms with van der Waals surface area (Å²) in [5.41, 5.74) is -0.833. The minimum Gasteiger partial charge on any atom is -0.768 e. The summed E-state index contributed by atoms with van der Waals surface area (Å²) in [6.07, 6.45) is 0. The Hall–Kier alpha value is -2.67. The van der Waals surface area contributed by atoms with Gasteiger partial charge in [-0.15, -0.1) is 0 Å². The SMILES string of the molecule is O=S([O-])c1ccccc1C(O)(c1ccc(O)cc1)c1ccc(O)cc1. The van der Waals surface area contributed by atoms with Crippen LogP contribution < -0.4 is 0 Å². The van der Waals surface area contributed by atoms with E-state index in [0.717, 1.165) is 0 Å². The lowest BCUT2D eigenvalue weighted by Gasteiger charge is -2.32. The number of benzene rings is 3. The minimum absolute atomic E-state index is 0.0255. The number of phenolic OH excluding ortho intramolecular Hbond substituents is 2. The summed E-state index contributed by atoms with van der Waals surface area (Å²) in [4.78, 5) is -0.0360. The van der Waals surface area contributed by atoms with Crippen molar-refractivity contribution in [2.45, 2.75) is 10.5 Å². The van der Waals surface area contributed by atoms with Gasteiger partial charge < -0.3 is 19.9 Å². The molecule has 0 aromatic heterocycles. The van der Waals surface area contributed by atoms with E-state index in [4.69, 9.17) is 0 Å². The standard InChI is InChI=1S/C19H16O5S/c20-15-9-5-13(6-10-15)19(22,14-7-11-16(21)12-8-14)17-3-1-2-4-18(17)25(23)24/h1-12,20-22H,(H,23,24)/p-1. The maximum atomic E-state index is 11.6. The maximum Gasteiger partial charge on any atom is 0.141 e. The third-order valence-corrected chi connectivity index (χ3v) is 4.74. The number of hydrogen-bond acceptors (Lipinski definition) is 5. The first kappa shape index (κ1) is 17.2. The molecule has 0 saturated heterocycles. The molecule has 0 bridgehead atoms. The largest absolute Gasteiger partial charge is 0.768 e. The summed E-state index contributed by atoms with van der Waals surface area (Å²) in [5, 5.41) is 30.7. The highest BCUT2D eigenvalue weighted by molar-refractivity contribution is 7.79. The molecule has 0 heterocycles. The van der Waals surface area contributed by atoms with Crippen molar-refractivity contribution in [3.63, 3.8) is 0 Å².